The number of pyridine rings is 3. The lowest BCUT2D eigenvalue weighted by Crippen LogP contribution is -2.33. The predicted octanol–water partition coefficient (Wildman–Crippen LogP) is 2.49. The van der Waals surface area contributed by atoms with Crippen molar-refractivity contribution in [2.24, 2.45) is 0 Å². The van der Waals surface area contributed by atoms with Crippen molar-refractivity contribution in [1.82, 2.24) is 24.8 Å². The molecule has 0 fully saturated rings. The van der Waals surface area contributed by atoms with E-state index in [1.165, 1.54) is 0 Å². The van der Waals surface area contributed by atoms with Crippen molar-refractivity contribution in [2.45, 2.75) is 0 Å². The second-order valence-corrected chi connectivity index (χ2v) is 8.84. The van der Waals surface area contributed by atoms with E-state index in [-0.39, 0.29) is 5.43 Å². The Labute approximate surface area is 196 Å². The number of hydrogen-bond acceptors (Lipinski definition) is 7. The third kappa shape index (κ3) is 6.40. The van der Waals surface area contributed by atoms with Gasteiger partial charge < -0.3 is 24.6 Å². The highest BCUT2D eigenvalue weighted by molar-refractivity contribution is 5.84. The smallest absolute Gasteiger partial charge is 0.182 e. The van der Waals surface area contributed by atoms with Gasteiger partial charge in [0.15, 0.2) is 5.43 Å². The summed E-state index contributed by atoms with van der Waals surface area (Å²) in [5.74, 6) is 0. The number of nitrogens with one attached hydrogen (secondary N) is 1. The zero-order chi connectivity index (χ0) is 24.0. The van der Waals surface area contributed by atoms with Gasteiger partial charge in [0.2, 0.25) is 0 Å². The maximum absolute atomic E-state index is 12.6. The van der Waals surface area contributed by atoms with Gasteiger partial charge in [0.05, 0.1) is 28.5 Å². The van der Waals surface area contributed by atoms with Crippen molar-refractivity contribution >= 4 is 11.4 Å². The Morgan fingerprint density at radius 3 is 2.06 bits per heavy atom. The minimum Gasteiger partial charge on any atom is -0.372 e. The monoisotopic (exact) mass is 449 g/mol. The van der Waals surface area contributed by atoms with E-state index in [1.54, 1.807) is 18.3 Å². The molecule has 1 N–H and O–H groups in total. The maximum atomic E-state index is 12.6. The lowest BCUT2D eigenvalue weighted by molar-refractivity contribution is 0.415. The number of rotatable bonds is 10. The fourth-order valence-electron chi connectivity index (χ4n) is 3.59. The summed E-state index contributed by atoms with van der Waals surface area (Å²) in [4.78, 5) is 34.0. The van der Waals surface area contributed by atoms with Crippen molar-refractivity contribution < 1.29 is 0 Å². The molecular weight excluding hydrogens is 414 g/mol. The van der Waals surface area contributed by atoms with Gasteiger partial charge in [-0.25, -0.2) is 0 Å². The van der Waals surface area contributed by atoms with E-state index in [9.17, 15) is 4.79 Å². The molecule has 3 aromatic heterocycles. The first-order valence-corrected chi connectivity index (χ1v) is 11.1. The van der Waals surface area contributed by atoms with E-state index in [0.717, 1.165) is 48.9 Å². The van der Waals surface area contributed by atoms with Gasteiger partial charge in [0.1, 0.15) is 5.69 Å². The molecule has 0 atom stereocenters. The van der Waals surface area contributed by atoms with E-state index in [4.69, 9.17) is 4.98 Å². The predicted molar refractivity (Wildman–Crippen MR) is 137 cm³/mol. The molecule has 0 aliphatic carbocycles. The van der Waals surface area contributed by atoms with Crippen LogP contribution in [0.15, 0.2) is 53.6 Å². The largest absolute Gasteiger partial charge is 0.372 e. The molecule has 0 unspecified atom stereocenters. The van der Waals surface area contributed by atoms with Gasteiger partial charge in [0, 0.05) is 64.8 Å². The minimum absolute atomic E-state index is 0.0838. The molecule has 0 saturated heterocycles. The Morgan fingerprint density at radius 2 is 1.42 bits per heavy atom. The third-order valence-electron chi connectivity index (χ3n) is 5.50. The second-order valence-electron chi connectivity index (χ2n) is 8.84. The van der Waals surface area contributed by atoms with Crippen LogP contribution in [0.2, 0.25) is 0 Å². The molecule has 0 amide bonds. The zero-order valence-corrected chi connectivity index (χ0v) is 20.5. The molecule has 8 nitrogen and oxygen atoms in total. The summed E-state index contributed by atoms with van der Waals surface area (Å²) in [6.45, 7) is 3.52. The summed E-state index contributed by atoms with van der Waals surface area (Å²) in [6.07, 6.45) is 3.53. The Balaban J connectivity index is 2.12. The number of likely N-dealkylation sites (N-methyl/N-ethyl adjacent to an activating group) is 4. The van der Waals surface area contributed by atoms with Crippen molar-refractivity contribution in [2.75, 3.05) is 78.3 Å². The maximum Gasteiger partial charge on any atom is 0.182 e. The summed E-state index contributed by atoms with van der Waals surface area (Å²) in [5.41, 5.74) is 4.81. The zero-order valence-electron chi connectivity index (χ0n) is 20.5. The summed E-state index contributed by atoms with van der Waals surface area (Å²) < 4.78 is 0. The fourth-order valence-corrected chi connectivity index (χ4v) is 3.59. The standard InChI is InChI=1S/C25H35N7O/c1-29(2)13-15-31(5)23-10-12-27-24(25(23)32(6)16-14-30(3)4)22-18-19(33)17-21(28-22)20-9-7-8-11-26-20/h7-12,17-18H,13-16H2,1-6H3,(H,28,33). The van der Waals surface area contributed by atoms with Gasteiger partial charge in [-0.2, -0.15) is 0 Å². The molecule has 3 rings (SSSR count). The van der Waals surface area contributed by atoms with Crippen LogP contribution in [0.4, 0.5) is 11.4 Å². The average Bonchev–Trinajstić information content (AvgIpc) is 2.80. The van der Waals surface area contributed by atoms with Crippen molar-refractivity contribution in [3.05, 3.63) is 59.0 Å². The van der Waals surface area contributed by atoms with Crippen LogP contribution >= 0.6 is 0 Å². The molecule has 3 heterocycles. The molecule has 0 aromatic carbocycles. The first-order chi connectivity index (χ1) is 15.8. The van der Waals surface area contributed by atoms with E-state index >= 15 is 0 Å². The SMILES string of the molecule is CN(C)CCN(C)c1ccnc(-c2cc(=O)cc(-c3ccccn3)[nH]2)c1N(C)CCN(C)C. The molecule has 0 aliphatic heterocycles. The number of hydrogen-bond donors (Lipinski definition) is 1. The van der Waals surface area contributed by atoms with Gasteiger partial charge in [-0.05, 0) is 46.4 Å². The van der Waals surface area contributed by atoms with Crippen LogP contribution in [0.1, 0.15) is 0 Å². The summed E-state index contributed by atoms with van der Waals surface area (Å²) in [5, 5.41) is 0. The van der Waals surface area contributed by atoms with Crippen LogP contribution in [-0.2, 0) is 0 Å². The quantitative estimate of drug-likeness (QED) is 0.510. The Bertz CT molecular complexity index is 1100. The Kier molecular flexibility index (Phi) is 8.19. The molecule has 0 radical (unpaired) electrons. The fraction of sp³-hybridized carbons (Fsp3) is 0.400. The number of aromatic amines is 1. The van der Waals surface area contributed by atoms with Crippen LogP contribution in [0.25, 0.3) is 22.8 Å². The molecular formula is C25H35N7O. The third-order valence-corrected chi connectivity index (χ3v) is 5.50. The molecule has 8 heteroatoms. The van der Waals surface area contributed by atoms with E-state index < -0.39 is 0 Å². The average molecular weight is 450 g/mol. The first-order valence-electron chi connectivity index (χ1n) is 11.1. The highest BCUT2D eigenvalue weighted by Crippen LogP contribution is 2.36. The van der Waals surface area contributed by atoms with Crippen molar-refractivity contribution in [1.29, 1.82) is 0 Å². The highest BCUT2D eigenvalue weighted by Gasteiger charge is 2.20. The Hall–Kier alpha value is -3.23. The second kappa shape index (κ2) is 11.1. The van der Waals surface area contributed by atoms with Crippen molar-refractivity contribution in [3.63, 3.8) is 0 Å². The molecule has 0 aliphatic rings. The van der Waals surface area contributed by atoms with E-state index in [2.05, 4.69) is 71.9 Å². The number of anilines is 2. The lowest BCUT2D eigenvalue weighted by atomic mass is 10.1. The van der Waals surface area contributed by atoms with Gasteiger partial charge in [-0.3, -0.25) is 14.8 Å². The van der Waals surface area contributed by atoms with E-state index in [1.807, 2.05) is 30.5 Å². The molecule has 3 aromatic rings. The molecule has 0 spiro atoms. The van der Waals surface area contributed by atoms with Gasteiger partial charge >= 0.3 is 0 Å². The van der Waals surface area contributed by atoms with Gasteiger partial charge in [0.25, 0.3) is 0 Å². The van der Waals surface area contributed by atoms with Crippen LogP contribution in [0.3, 0.4) is 0 Å². The van der Waals surface area contributed by atoms with Crippen LogP contribution in [-0.4, -0.2) is 93.2 Å². The van der Waals surface area contributed by atoms with Gasteiger partial charge in [-0.15, -0.1) is 0 Å². The molecule has 0 saturated carbocycles. The minimum atomic E-state index is -0.0838. The topological polar surface area (TPSA) is 71.6 Å². The number of aromatic nitrogens is 3. The number of H-pyrrole nitrogens is 1. The van der Waals surface area contributed by atoms with E-state index in [0.29, 0.717) is 11.4 Å². The lowest BCUT2D eigenvalue weighted by Gasteiger charge is -2.30. The summed E-state index contributed by atoms with van der Waals surface area (Å²) in [6, 6.07) is 10.9. The molecule has 33 heavy (non-hydrogen) atoms. The highest BCUT2D eigenvalue weighted by atomic mass is 16.1. The van der Waals surface area contributed by atoms with Crippen LogP contribution in [0, 0.1) is 0 Å². The van der Waals surface area contributed by atoms with Crippen LogP contribution in [0.5, 0.6) is 0 Å². The first kappa shape index (κ1) is 24.4. The van der Waals surface area contributed by atoms with Gasteiger partial charge in [-0.1, -0.05) is 6.07 Å². The Morgan fingerprint density at radius 1 is 0.758 bits per heavy atom. The summed E-state index contributed by atoms with van der Waals surface area (Å²) in [7, 11) is 12.5. The number of nitrogens with zero attached hydrogens (tertiary/aromatic N) is 6. The normalized spacial score (nSPS) is 11.3. The molecule has 176 valence electrons. The molecule has 0 bridgehead atoms. The van der Waals surface area contributed by atoms with Crippen molar-refractivity contribution in [3.8, 4) is 22.8 Å². The summed E-state index contributed by atoms with van der Waals surface area (Å²) >= 11 is 0. The van der Waals surface area contributed by atoms with Crippen LogP contribution < -0.4 is 15.2 Å².